The lowest BCUT2D eigenvalue weighted by atomic mass is 9.99. The molecule has 0 aliphatic heterocycles. The Morgan fingerprint density at radius 1 is 0.750 bits per heavy atom. The van der Waals surface area contributed by atoms with Gasteiger partial charge in [0.05, 0.1) is 0 Å². The van der Waals surface area contributed by atoms with Crippen molar-refractivity contribution in [2.45, 2.75) is 89.4 Å². The number of rotatable bonds is 7. The minimum Gasteiger partial charge on any atom is -0.304 e. The second kappa shape index (κ2) is 9.42. The van der Waals surface area contributed by atoms with Crippen LogP contribution in [0.3, 0.4) is 0 Å². The van der Waals surface area contributed by atoms with Crippen molar-refractivity contribution in [3.8, 4) is 0 Å². The van der Waals surface area contributed by atoms with Crippen LogP contribution < -0.4 is 0 Å². The lowest BCUT2D eigenvalue weighted by Gasteiger charge is -2.39. The Balaban J connectivity index is 1.91. The number of hydrogen-bond acceptors (Lipinski definition) is 1. The van der Waals surface area contributed by atoms with E-state index in [2.05, 4.69) is 18.7 Å². The van der Waals surface area contributed by atoms with Crippen LogP contribution in [-0.2, 0) is 0 Å². The van der Waals surface area contributed by atoms with Crippen LogP contribution in [0.15, 0.2) is 0 Å². The molecule has 0 bridgehead atoms. The van der Waals surface area contributed by atoms with Crippen LogP contribution in [0, 0.1) is 0 Å². The Bertz CT molecular complexity index is 222. The number of nitrogens with zero attached hydrogens (tertiary/aromatic N) is 1. The van der Waals surface area contributed by atoms with Crippen LogP contribution in [-0.4, -0.2) is 42.0 Å². The highest BCUT2D eigenvalue weighted by Gasteiger charge is 2.30. The molecule has 0 spiro atoms. The molecule has 0 amide bonds. The average Bonchev–Trinajstić information content (AvgIpc) is 2.53. The second-order valence-electron chi connectivity index (χ2n) is 6.85. The molecule has 2 aliphatic carbocycles. The van der Waals surface area contributed by atoms with Gasteiger partial charge in [0.1, 0.15) is 0 Å². The second-order valence-corrected chi connectivity index (χ2v) is 9.78. The predicted molar refractivity (Wildman–Crippen MR) is 93.3 cm³/mol. The van der Waals surface area contributed by atoms with Crippen LogP contribution >= 0.6 is 7.92 Å². The fourth-order valence-corrected chi connectivity index (χ4v) is 8.18. The highest BCUT2D eigenvalue weighted by molar-refractivity contribution is 7.59. The van der Waals surface area contributed by atoms with Gasteiger partial charge in [0, 0.05) is 6.54 Å². The average molecular weight is 297 g/mol. The predicted octanol–water partition coefficient (Wildman–Crippen LogP) is 5.48. The van der Waals surface area contributed by atoms with Crippen molar-refractivity contribution in [1.29, 1.82) is 0 Å². The summed E-state index contributed by atoms with van der Waals surface area (Å²) >= 11 is 0. The van der Waals surface area contributed by atoms with E-state index in [-0.39, 0.29) is 0 Å². The molecule has 20 heavy (non-hydrogen) atoms. The maximum atomic E-state index is 2.65. The first-order chi connectivity index (χ1) is 9.85. The molecule has 0 aromatic carbocycles. The van der Waals surface area contributed by atoms with Crippen molar-refractivity contribution >= 4 is 7.92 Å². The molecule has 0 aromatic heterocycles. The first-order valence-corrected chi connectivity index (χ1v) is 11.0. The van der Waals surface area contributed by atoms with Crippen molar-refractivity contribution in [2.24, 2.45) is 0 Å². The normalized spacial score (nSPS) is 22.8. The van der Waals surface area contributed by atoms with Crippen LogP contribution in [0.5, 0.6) is 0 Å². The van der Waals surface area contributed by atoms with E-state index in [0.29, 0.717) is 7.92 Å². The topological polar surface area (TPSA) is 3.24 Å². The van der Waals surface area contributed by atoms with Gasteiger partial charge < -0.3 is 4.90 Å². The van der Waals surface area contributed by atoms with E-state index in [9.17, 15) is 0 Å². The summed E-state index contributed by atoms with van der Waals surface area (Å²) in [4.78, 5) is 2.65. The van der Waals surface area contributed by atoms with Crippen molar-refractivity contribution in [2.75, 3.05) is 25.8 Å². The minimum atomic E-state index is 0.317. The van der Waals surface area contributed by atoms with Crippen molar-refractivity contribution in [3.63, 3.8) is 0 Å². The first-order valence-electron chi connectivity index (χ1n) is 9.33. The molecule has 0 atom stereocenters. The third-order valence-electron chi connectivity index (χ3n) is 5.66. The quantitative estimate of drug-likeness (QED) is 0.563. The van der Waals surface area contributed by atoms with E-state index in [1.165, 1.54) is 58.2 Å². The molecule has 0 saturated heterocycles. The first kappa shape index (κ1) is 16.8. The summed E-state index contributed by atoms with van der Waals surface area (Å²) in [6.45, 7) is 8.52. The Labute approximate surface area is 128 Å². The standard InChI is InChI=1S/C18H36NP/c1-3-19(4-2)15-16-20(17-11-7-5-8-12-17)18-13-9-6-10-14-18/h17-18H,3-16H2,1-2H3. The molecular formula is C18H36NP. The summed E-state index contributed by atoms with van der Waals surface area (Å²) in [5.74, 6) is 0. The smallest absolute Gasteiger partial charge is 0.00206 e. The van der Waals surface area contributed by atoms with Gasteiger partial charge in [-0.05, 0) is 56.3 Å². The molecule has 118 valence electrons. The third-order valence-corrected chi connectivity index (χ3v) is 9.28. The van der Waals surface area contributed by atoms with Gasteiger partial charge in [-0.25, -0.2) is 0 Å². The van der Waals surface area contributed by atoms with Gasteiger partial charge in [-0.3, -0.25) is 0 Å². The Hall–Kier alpha value is 0.390. The molecule has 1 nitrogen and oxygen atoms in total. The SMILES string of the molecule is CCN(CC)CCP(C1CCCCC1)C1CCCCC1. The maximum Gasteiger partial charge on any atom is 0.00206 e. The maximum absolute atomic E-state index is 2.65. The van der Waals surface area contributed by atoms with Gasteiger partial charge in [0.15, 0.2) is 0 Å². The molecule has 2 heteroatoms. The van der Waals surface area contributed by atoms with E-state index in [4.69, 9.17) is 0 Å². The zero-order chi connectivity index (χ0) is 14.2. The van der Waals surface area contributed by atoms with Gasteiger partial charge in [-0.1, -0.05) is 60.3 Å². The summed E-state index contributed by atoms with van der Waals surface area (Å²) in [7, 11) is 0.317. The summed E-state index contributed by atoms with van der Waals surface area (Å²) in [6, 6.07) is 0. The van der Waals surface area contributed by atoms with E-state index in [1.54, 1.807) is 31.8 Å². The summed E-state index contributed by atoms with van der Waals surface area (Å²) in [5, 5.41) is 0. The van der Waals surface area contributed by atoms with Crippen LogP contribution in [0.25, 0.3) is 0 Å². The minimum absolute atomic E-state index is 0.317. The van der Waals surface area contributed by atoms with Crippen LogP contribution in [0.1, 0.15) is 78.1 Å². The van der Waals surface area contributed by atoms with Gasteiger partial charge in [-0.15, -0.1) is 0 Å². The molecule has 0 unspecified atom stereocenters. The fraction of sp³-hybridized carbons (Fsp3) is 1.00. The van der Waals surface area contributed by atoms with Crippen LogP contribution in [0.4, 0.5) is 0 Å². The lowest BCUT2D eigenvalue weighted by Crippen LogP contribution is -2.29. The Kier molecular flexibility index (Phi) is 7.89. The highest BCUT2D eigenvalue weighted by Crippen LogP contribution is 2.55. The van der Waals surface area contributed by atoms with E-state index < -0.39 is 0 Å². The molecule has 2 rings (SSSR count). The molecule has 2 fully saturated rings. The van der Waals surface area contributed by atoms with Gasteiger partial charge in [-0.2, -0.15) is 0 Å². The van der Waals surface area contributed by atoms with Gasteiger partial charge in [0.2, 0.25) is 0 Å². The van der Waals surface area contributed by atoms with Crippen molar-refractivity contribution < 1.29 is 0 Å². The molecule has 0 heterocycles. The molecule has 0 radical (unpaired) electrons. The van der Waals surface area contributed by atoms with Crippen molar-refractivity contribution in [1.82, 2.24) is 4.90 Å². The molecule has 0 N–H and O–H groups in total. The molecular weight excluding hydrogens is 261 g/mol. The Morgan fingerprint density at radius 3 is 1.60 bits per heavy atom. The van der Waals surface area contributed by atoms with Crippen LogP contribution in [0.2, 0.25) is 0 Å². The Morgan fingerprint density at radius 2 is 1.20 bits per heavy atom. The van der Waals surface area contributed by atoms with Crippen molar-refractivity contribution in [3.05, 3.63) is 0 Å². The molecule has 2 saturated carbocycles. The zero-order valence-corrected chi connectivity index (χ0v) is 14.8. The summed E-state index contributed by atoms with van der Waals surface area (Å²) in [5.41, 5.74) is 2.27. The van der Waals surface area contributed by atoms with Gasteiger partial charge in [0.25, 0.3) is 0 Å². The zero-order valence-electron chi connectivity index (χ0n) is 13.9. The third kappa shape index (κ3) is 4.99. The van der Waals surface area contributed by atoms with Gasteiger partial charge >= 0.3 is 0 Å². The largest absolute Gasteiger partial charge is 0.304 e. The monoisotopic (exact) mass is 297 g/mol. The fourth-order valence-electron chi connectivity index (χ4n) is 4.29. The van der Waals surface area contributed by atoms with E-state index in [0.717, 1.165) is 11.3 Å². The molecule has 2 aliphatic rings. The lowest BCUT2D eigenvalue weighted by molar-refractivity contribution is 0.322. The van der Waals surface area contributed by atoms with E-state index >= 15 is 0 Å². The molecule has 0 aromatic rings. The van der Waals surface area contributed by atoms with E-state index in [1.807, 2.05) is 0 Å². The summed E-state index contributed by atoms with van der Waals surface area (Å²) < 4.78 is 0. The number of hydrogen-bond donors (Lipinski definition) is 0. The highest BCUT2D eigenvalue weighted by atomic mass is 31.1. The summed E-state index contributed by atoms with van der Waals surface area (Å²) in [6.07, 6.45) is 17.0.